The molecule has 0 amide bonds. The average molecular weight is 233 g/mol. The van der Waals surface area contributed by atoms with Gasteiger partial charge in [-0.3, -0.25) is 4.79 Å². The molecular weight excluding hydrogens is 218 g/mol. The monoisotopic (exact) mass is 233 g/mol. The third-order valence-electron chi connectivity index (χ3n) is 2.43. The van der Waals surface area contributed by atoms with Crippen LogP contribution < -0.4 is 4.74 Å². The van der Waals surface area contributed by atoms with E-state index in [0.29, 0.717) is 29.2 Å². The van der Waals surface area contributed by atoms with Crippen LogP contribution in [0.25, 0.3) is 11.1 Å². The van der Waals surface area contributed by atoms with E-state index in [2.05, 4.69) is 4.98 Å². The number of benzene rings is 1. The van der Waals surface area contributed by atoms with Gasteiger partial charge in [-0.2, -0.15) is 0 Å². The van der Waals surface area contributed by atoms with E-state index < -0.39 is 0 Å². The number of ether oxygens (including phenoxy) is 1. The van der Waals surface area contributed by atoms with Crippen molar-refractivity contribution in [2.24, 2.45) is 0 Å². The molecule has 17 heavy (non-hydrogen) atoms. The van der Waals surface area contributed by atoms with Gasteiger partial charge in [0, 0.05) is 19.4 Å². The largest absolute Gasteiger partial charge is 0.441 e. The van der Waals surface area contributed by atoms with Gasteiger partial charge < -0.3 is 9.15 Å². The minimum absolute atomic E-state index is 0.202. The molecule has 0 bridgehead atoms. The second kappa shape index (κ2) is 4.99. The number of oxazole rings is 1. The number of esters is 1. The smallest absolute Gasteiger partial charge is 0.311 e. The third kappa shape index (κ3) is 2.84. The number of carbonyl (C=O) groups excluding carboxylic acids is 1. The molecule has 1 aromatic carbocycles. The summed E-state index contributed by atoms with van der Waals surface area (Å²) in [5, 5.41) is 0. The van der Waals surface area contributed by atoms with Gasteiger partial charge >= 0.3 is 5.97 Å². The quantitative estimate of drug-likeness (QED) is 0.601. The first-order valence-electron chi connectivity index (χ1n) is 5.77. The fourth-order valence-electron chi connectivity index (χ4n) is 1.59. The summed E-state index contributed by atoms with van der Waals surface area (Å²) < 4.78 is 10.6. The summed E-state index contributed by atoms with van der Waals surface area (Å²) in [5.41, 5.74) is 1.42. The fraction of sp³-hybridized carbons (Fsp3) is 0.385. The zero-order valence-corrected chi connectivity index (χ0v) is 10.0. The van der Waals surface area contributed by atoms with Gasteiger partial charge in [-0.15, -0.1) is 0 Å². The number of rotatable bonds is 4. The highest BCUT2D eigenvalue weighted by Gasteiger charge is 2.07. The van der Waals surface area contributed by atoms with Crippen molar-refractivity contribution in [3.05, 3.63) is 24.1 Å². The SMILES string of the molecule is CCCCC(=O)Oc1ccc2oc(C)nc2c1. The molecule has 4 nitrogen and oxygen atoms in total. The molecule has 0 saturated carbocycles. The summed E-state index contributed by atoms with van der Waals surface area (Å²) >= 11 is 0. The Balaban J connectivity index is 2.10. The molecule has 0 radical (unpaired) electrons. The Morgan fingerprint density at radius 1 is 1.47 bits per heavy atom. The van der Waals surface area contributed by atoms with Crippen LogP contribution in [0.5, 0.6) is 5.75 Å². The highest BCUT2D eigenvalue weighted by atomic mass is 16.5. The molecule has 0 spiro atoms. The Morgan fingerprint density at radius 3 is 3.06 bits per heavy atom. The van der Waals surface area contributed by atoms with Crippen molar-refractivity contribution >= 4 is 17.1 Å². The second-order valence-corrected chi connectivity index (χ2v) is 3.94. The standard InChI is InChI=1S/C13H15NO3/c1-3-4-5-13(15)17-10-6-7-12-11(8-10)14-9(2)16-12/h6-8H,3-5H2,1-2H3. The van der Waals surface area contributed by atoms with Crippen molar-refractivity contribution in [2.75, 3.05) is 0 Å². The van der Waals surface area contributed by atoms with E-state index in [-0.39, 0.29) is 5.97 Å². The van der Waals surface area contributed by atoms with Crippen LogP contribution in [0.3, 0.4) is 0 Å². The molecule has 0 aliphatic carbocycles. The van der Waals surface area contributed by atoms with E-state index in [1.54, 1.807) is 25.1 Å². The van der Waals surface area contributed by atoms with Gasteiger partial charge in [0.1, 0.15) is 11.3 Å². The van der Waals surface area contributed by atoms with Crippen LogP contribution in [0, 0.1) is 6.92 Å². The van der Waals surface area contributed by atoms with Crippen molar-refractivity contribution in [1.82, 2.24) is 4.98 Å². The Morgan fingerprint density at radius 2 is 2.29 bits per heavy atom. The zero-order valence-electron chi connectivity index (χ0n) is 10.0. The predicted molar refractivity (Wildman–Crippen MR) is 63.9 cm³/mol. The number of fused-ring (bicyclic) bond motifs is 1. The van der Waals surface area contributed by atoms with E-state index in [1.165, 1.54) is 0 Å². The Labute approximate surface area is 99.6 Å². The molecule has 1 heterocycles. The Hall–Kier alpha value is -1.84. The van der Waals surface area contributed by atoms with Gasteiger partial charge in [0.05, 0.1) is 0 Å². The van der Waals surface area contributed by atoms with Crippen molar-refractivity contribution in [3.8, 4) is 5.75 Å². The molecule has 2 aromatic rings. The topological polar surface area (TPSA) is 52.3 Å². The predicted octanol–water partition coefficient (Wildman–Crippen LogP) is 3.23. The van der Waals surface area contributed by atoms with Crippen LogP contribution in [0.1, 0.15) is 32.1 Å². The van der Waals surface area contributed by atoms with Gasteiger partial charge in [-0.25, -0.2) is 4.98 Å². The van der Waals surface area contributed by atoms with Gasteiger partial charge in [-0.1, -0.05) is 13.3 Å². The average Bonchev–Trinajstić information content (AvgIpc) is 2.65. The third-order valence-corrected chi connectivity index (χ3v) is 2.43. The van der Waals surface area contributed by atoms with Crippen molar-refractivity contribution < 1.29 is 13.9 Å². The van der Waals surface area contributed by atoms with Crippen LogP contribution in [0.4, 0.5) is 0 Å². The van der Waals surface area contributed by atoms with Crippen molar-refractivity contribution in [3.63, 3.8) is 0 Å². The number of nitrogens with zero attached hydrogens (tertiary/aromatic N) is 1. The van der Waals surface area contributed by atoms with Crippen LogP contribution in [-0.2, 0) is 4.79 Å². The first kappa shape index (κ1) is 11.6. The molecule has 1 aromatic heterocycles. The molecule has 4 heteroatoms. The normalized spacial score (nSPS) is 10.7. The Bertz CT molecular complexity index is 530. The molecule has 90 valence electrons. The van der Waals surface area contributed by atoms with Crippen LogP contribution >= 0.6 is 0 Å². The maximum absolute atomic E-state index is 11.4. The highest BCUT2D eigenvalue weighted by molar-refractivity contribution is 5.77. The maximum Gasteiger partial charge on any atom is 0.311 e. The molecule has 0 aliphatic rings. The number of aromatic nitrogens is 1. The van der Waals surface area contributed by atoms with Gasteiger partial charge in [0.15, 0.2) is 11.5 Å². The summed E-state index contributed by atoms with van der Waals surface area (Å²) in [7, 11) is 0. The number of unbranched alkanes of at least 4 members (excludes halogenated alkanes) is 1. The lowest BCUT2D eigenvalue weighted by Crippen LogP contribution is -2.07. The van der Waals surface area contributed by atoms with Crippen molar-refractivity contribution in [2.45, 2.75) is 33.1 Å². The number of hydrogen-bond donors (Lipinski definition) is 0. The summed E-state index contributed by atoms with van der Waals surface area (Å²) in [6.07, 6.45) is 2.28. The van der Waals surface area contributed by atoms with Gasteiger partial charge in [0.2, 0.25) is 0 Å². The van der Waals surface area contributed by atoms with E-state index in [0.717, 1.165) is 12.8 Å². The van der Waals surface area contributed by atoms with Crippen LogP contribution in [0.2, 0.25) is 0 Å². The lowest BCUT2D eigenvalue weighted by Gasteiger charge is -2.02. The first-order chi connectivity index (χ1) is 8.19. The number of carbonyl (C=O) groups is 1. The lowest BCUT2D eigenvalue weighted by molar-refractivity contribution is -0.134. The molecule has 0 aliphatic heterocycles. The molecule has 0 unspecified atom stereocenters. The molecule has 2 rings (SSSR count). The molecule has 0 atom stereocenters. The van der Waals surface area contributed by atoms with E-state index in [1.807, 2.05) is 6.92 Å². The summed E-state index contributed by atoms with van der Waals surface area (Å²) in [6.45, 7) is 3.82. The van der Waals surface area contributed by atoms with Crippen LogP contribution in [-0.4, -0.2) is 11.0 Å². The lowest BCUT2D eigenvalue weighted by atomic mass is 10.2. The molecular formula is C13H15NO3. The fourth-order valence-corrected chi connectivity index (χ4v) is 1.59. The van der Waals surface area contributed by atoms with Gasteiger partial charge in [-0.05, 0) is 18.6 Å². The van der Waals surface area contributed by atoms with Gasteiger partial charge in [0.25, 0.3) is 0 Å². The van der Waals surface area contributed by atoms with E-state index >= 15 is 0 Å². The van der Waals surface area contributed by atoms with E-state index in [9.17, 15) is 4.79 Å². The highest BCUT2D eigenvalue weighted by Crippen LogP contribution is 2.21. The maximum atomic E-state index is 11.4. The van der Waals surface area contributed by atoms with Crippen molar-refractivity contribution in [1.29, 1.82) is 0 Å². The number of aryl methyl sites for hydroxylation is 1. The molecule has 0 N–H and O–H groups in total. The number of hydrogen-bond acceptors (Lipinski definition) is 4. The summed E-state index contributed by atoms with van der Waals surface area (Å²) in [5.74, 6) is 0.924. The summed E-state index contributed by atoms with van der Waals surface area (Å²) in [6, 6.07) is 5.20. The molecule has 0 saturated heterocycles. The minimum atomic E-state index is -0.202. The zero-order chi connectivity index (χ0) is 12.3. The van der Waals surface area contributed by atoms with Crippen LogP contribution in [0.15, 0.2) is 22.6 Å². The summed E-state index contributed by atoms with van der Waals surface area (Å²) in [4.78, 5) is 15.6. The van der Waals surface area contributed by atoms with E-state index in [4.69, 9.17) is 9.15 Å². The first-order valence-corrected chi connectivity index (χ1v) is 5.77. The molecule has 0 fully saturated rings. The minimum Gasteiger partial charge on any atom is -0.441 e. The second-order valence-electron chi connectivity index (χ2n) is 3.94. The Kier molecular flexibility index (Phi) is 3.42.